The van der Waals surface area contributed by atoms with Gasteiger partial charge in [0.1, 0.15) is 0 Å². The van der Waals surface area contributed by atoms with Gasteiger partial charge in [-0.3, -0.25) is 9.59 Å². The molecule has 0 spiro atoms. The molecule has 0 fully saturated rings. The van der Waals surface area contributed by atoms with E-state index in [0.29, 0.717) is 12.8 Å². The smallest absolute Gasteiger partial charge is 0.308 e. The van der Waals surface area contributed by atoms with Crippen LogP contribution < -0.4 is 5.32 Å². The molecule has 6 heteroatoms. The van der Waals surface area contributed by atoms with Crippen molar-refractivity contribution < 1.29 is 23.5 Å². The van der Waals surface area contributed by atoms with E-state index in [4.69, 9.17) is 5.11 Å². The molecule has 1 aromatic carbocycles. The number of carboxylic acids is 1. The van der Waals surface area contributed by atoms with E-state index in [1.807, 2.05) is 6.92 Å². The fraction of sp³-hybridized carbons (Fsp3) is 0.429. The van der Waals surface area contributed by atoms with Crippen LogP contribution in [0.15, 0.2) is 24.3 Å². The van der Waals surface area contributed by atoms with Crippen molar-refractivity contribution in [3.63, 3.8) is 0 Å². The molecule has 1 amide bonds. The Bertz CT molecular complexity index is 477. The molecular formula is C14H17F2NO3. The number of aliphatic carboxylic acids is 1. The Morgan fingerprint density at radius 2 is 2.05 bits per heavy atom. The predicted octanol–water partition coefficient (Wildman–Crippen LogP) is 2.85. The summed E-state index contributed by atoms with van der Waals surface area (Å²) in [7, 11) is 0. The monoisotopic (exact) mass is 285 g/mol. The first-order valence-electron chi connectivity index (χ1n) is 6.34. The molecule has 1 atom stereocenters. The minimum Gasteiger partial charge on any atom is -0.481 e. The number of carboxylic acid groups (broad SMARTS) is 1. The number of carbonyl (C=O) groups is 2. The van der Waals surface area contributed by atoms with E-state index in [2.05, 4.69) is 5.32 Å². The number of amides is 1. The molecule has 20 heavy (non-hydrogen) atoms. The highest BCUT2D eigenvalue weighted by molar-refractivity contribution is 5.94. The van der Waals surface area contributed by atoms with Gasteiger partial charge in [0.2, 0.25) is 0 Å². The van der Waals surface area contributed by atoms with Crippen molar-refractivity contribution in [3.8, 4) is 0 Å². The standard InChI is InChI=1S/C14H17F2NO3/c1-2-4-11(14(19)20)8-17-13(18)10-6-3-5-9(7-10)12(15)16/h3,5-7,11-12H,2,4,8H2,1H3,(H,17,18)(H,19,20). The fourth-order valence-electron chi connectivity index (χ4n) is 1.79. The highest BCUT2D eigenvalue weighted by atomic mass is 19.3. The summed E-state index contributed by atoms with van der Waals surface area (Å²) in [5, 5.41) is 11.4. The second kappa shape index (κ2) is 7.57. The zero-order valence-corrected chi connectivity index (χ0v) is 11.1. The summed E-state index contributed by atoms with van der Waals surface area (Å²) in [6.45, 7) is 1.84. The van der Waals surface area contributed by atoms with Crippen molar-refractivity contribution >= 4 is 11.9 Å². The molecule has 0 radical (unpaired) electrons. The number of rotatable bonds is 7. The van der Waals surface area contributed by atoms with E-state index in [1.165, 1.54) is 18.2 Å². The van der Waals surface area contributed by atoms with E-state index in [-0.39, 0.29) is 17.7 Å². The summed E-state index contributed by atoms with van der Waals surface area (Å²) in [6.07, 6.45) is -1.50. The van der Waals surface area contributed by atoms with Crippen molar-refractivity contribution in [3.05, 3.63) is 35.4 Å². The first-order valence-corrected chi connectivity index (χ1v) is 6.34. The zero-order valence-electron chi connectivity index (χ0n) is 11.1. The lowest BCUT2D eigenvalue weighted by molar-refractivity contribution is -0.141. The number of carbonyl (C=O) groups excluding carboxylic acids is 1. The second-order valence-corrected chi connectivity index (χ2v) is 4.46. The number of benzene rings is 1. The SMILES string of the molecule is CCCC(CNC(=O)c1cccc(C(F)F)c1)C(=O)O. The van der Waals surface area contributed by atoms with Gasteiger partial charge in [0.15, 0.2) is 0 Å². The molecule has 0 aliphatic carbocycles. The molecule has 4 nitrogen and oxygen atoms in total. The van der Waals surface area contributed by atoms with Gasteiger partial charge < -0.3 is 10.4 Å². The van der Waals surface area contributed by atoms with Crippen LogP contribution in [0, 0.1) is 5.92 Å². The Hall–Kier alpha value is -1.98. The quantitative estimate of drug-likeness (QED) is 0.809. The van der Waals surface area contributed by atoms with Gasteiger partial charge in [0, 0.05) is 17.7 Å². The number of alkyl halides is 2. The van der Waals surface area contributed by atoms with Crippen LogP contribution in [0.1, 0.15) is 42.1 Å². The molecule has 1 rings (SSSR count). The maximum Gasteiger partial charge on any atom is 0.308 e. The largest absolute Gasteiger partial charge is 0.481 e. The van der Waals surface area contributed by atoms with Gasteiger partial charge >= 0.3 is 5.97 Å². The summed E-state index contributed by atoms with van der Waals surface area (Å²) in [5.74, 6) is -2.19. The van der Waals surface area contributed by atoms with E-state index < -0.39 is 24.2 Å². The molecular weight excluding hydrogens is 268 g/mol. The lowest BCUT2D eigenvalue weighted by Gasteiger charge is -2.12. The van der Waals surface area contributed by atoms with Crippen LogP contribution in [0.25, 0.3) is 0 Å². The van der Waals surface area contributed by atoms with Crippen molar-refractivity contribution in [1.29, 1.82) is 0 Å². The zero-order chi connectivity index (χ0) is 15.1. The number of halogens is 2. The summed E-state index contributed by atoms with van der Waals surface area (Å²) < 4.78 is 25.0. The summed E-state index contributed by atoms with van der Waals surface area (Å²) in [6, 6.07) is 5.13. The van der Waals surface area contributed by atoms with Gasteiger partial charge in [-0.25, -0.2) is 8.78 Å². The van der Waals surface area contributed by atoms with Crippen LogP contribution in [0.3, 0.4) is 0 Å². The lowest BCUT2D eigenvalue weighted by atomic mass is 10.0. The highest BCUT2D eigenvalue weighted by Gasteiger charge is 2.18. The molecule has 0 aliphatic heterocycles. The van der Waals surface area contributed by atoms with E-state index in [1.54, 1.807) is 0 Å². The number of hydrogen-bond acceptors (Lipinski definition) is 2. The van der Waals surface area contributed by atoms with Gasteiger partial charge in [-0.05, 0) is 18.6 Å². The van der Waals surface area contributed by atoms with Crippen LogP contribution in [0.5, 0.6) is 0 Å². The second-order valence-electron chi connectivity index (χ2n) is 4.46. The van der Waals surface area contributed by atoms with Gasteiger partial charge in [-0.1, -0.05) is 25.5 Å². The fourth-order valence-corrected chi connectivity index (χ4v) is 1.79. The molecule has 0 aliphatic rings. The third-order valence-electron chi connectivity index (χ3n) is 2.90. The third-order valence-corrected chi connectivity index (χ3v) is 2.90. The molecule has 110 valence electrons. The van der Waals surface area contributed by atoms with Crippen molar-refractivity contribution in [1.82, 2.24) is 5.32 Å². The van der Waals surface area contributed by atoms with E-state index in [0.717, 1.165) is 6.07 Å². The topological polar surface area (TPSA) is 66.4 Å². The van der Waals surface area contributed by atoms with Crippen molar-refractivity contribution in [2.75, 3.05) is 6.54 Å². The maximum absolute atomic E-state index is 12.5. The average molecular weight is 285 g/mol. The molecule has 0 heterocycles. The van der Waals surface area contributed by atoms with Crippen molar-refractivity contribution in [2.24, 2.45) is 5.92 Å². The maximum atomic E-state index is 12.5. The molecule has 0 saturated heterocycles. The highest BCUT2D eigenvalue weighted by Crippen LogP contribution is 2.19. The van der Waals surface area contributed by atoms with Crippen LogP contribution in [-0.4, -0.2) is 23.5 Å². The van der Waals surface area contributed by atoms with Crippen LogP contribution in [0.2, 0.25) is 0 Å². The van der Waals surface area contributed by atoms with Crippen LogP contribution >= 0.6 is 0 Å². The number of nitrogens with one attached hydrogen (secondary N) is 1. The molecule has 0 bridgehead atoms. The Morgan fingerprint density at radius 1 is 1.35 bits per heavy atom. The lowest BCUT2D eigenvalue weighted by Crippen LogP contribution is -2.32. The first kappa shape index (κ1) is 16.1. The van der Waals surface area contributed by atoms with Crippen LogP contribution in [0.4, 0.5) is 8.78 Å². The Labute approximate surface area is 115 Å². The molecule has 1 aromatic rings. The normalized spacial score (nSPS) is 12.2. The summed E-state index contributed by atoms with van der Waals surface area (Å²) in [5.41, 5.74) is -0.135. The molecule has 0 aromatic heterocycles. The average Bonchev–Trinajstić information content (AvgIpc) is 2.42. The van der Waals surface area contributed by atoms with Gasteiger partial charge in [-0.2, -0.15) is 0 Å². The van der Waals surface area contributed by atoms with Gasteiger partial charge in [0.05, 0.1) is 5.92 Å². The first-order chi connectivity index (χ1) is 9.45. The molecule has 1 unspecified atom stereocenters. The summed E-state index contributed by atoms with van der Waals surface area (Å²) >= 11 is 0. The van der Waals surface area contributed by atoms with E-state index >= 15 is 0 Å². The van der Waals surface area contributed by atoms with Crippen molar-refractivity contribution in [2.45, 2.75) is 26.2 Å². The Morgan fingerprint density at radius 3 is 2.60 bits per heavy atom. The predicted molar refractivity (Wildman–Crippen MR) is 69.8 cm³/mol. The van der Waals surface area contributed by atoms with E-state index in [9.17, 15) is 18.4 Å². The minimum absolute atomic E-state index is 0.0130. The number of hydrogen-bond donors (Lipinski definition) is 2. The van der Waals surface area contributed by atoms with Gasteiger partial charge in [0.25, 0.3) is 12.3 Å². The Balaban J connectivity index is 2.66. The Kier molecular flexibility index (Phi) is 6.09. The minimum atomic E-state index is -2.64. The third kappa shape index (κ3) is 4.60. The molecule has 2 N–H and O–H groups in total. The van der Waals surface area contributed by atoms with Gasteiger partial charge in [-0.15, -0.1) is 0 Å². The summed E-state index contributed by atoms with van der Waals surface area (Å²) in [4.78, 5) is 22.7. The van der Waals surface area contributed by atoms with Crippen LogP contribution in [-0.2, 0) is 4.79 Å². The molecule has 0 saturated carbocycles.